The van der Waals surface area contributed by atoms with Crippen molar-refractivity contribution >= 4 is 28.2 Å². The van der Waals surface area contributed by atoms with Crippen LogP contribution in [0, 0.1) is 0 Å². The van der Waals surface area contributed by atoms with E-state index < -0.39 is 0 Å². The Balaban J connectivity index is 1.79. The van der Waals surface area contributed by atoms with Gasteiger partial charge in [-0.05, 0) is 43.2 Å². The number of hydrogen-bond donors (Lipinski definition) is 1. The number of anilines is 2. The molecule has 1 amide bonds. The molecule has 0 fully saturated rings. The lowest BCUT2D eigenvalue weighted by atomic mass is 10.1. The summed E-state index contributed by atoms with van der Waals surface area (Å²) in [5.41, 5.74) is 3.38. The van der Waals surface area contributed by atoms with Crippen LogP contribution in [0.4, 0.5) is 11.4 Å². The van der Waals surface area contributed by atoms with E-state index >= 15 is 0 Å². The first-order chi connectivity index (χ1) is 12.7. The number of para-hydroxylation sites is 1. The topological polar surface area (TPSA) is 45.2 Å². The first-order valence-electron chi connectivity index (χ1n) is 9.22. The van der Waals surface area contributed by atoms with Crippen LogP contribution in [0.25, 0.3) is 10.9 Å². The molecule has 0 aliphatic rings. The number of hydrogen-bond acceptors (Lipinski definition) is 3. The Morgan fingerprint density at radius 3 is 2.54 bits per heavy atom. The van der Waals surface area contributed by atoms with Gasteiger partial charge in [-0.15, -0.1) is 0 Å². The molecular weight excluding hydrogens is 322 g/mol. The maximum absolute atomic E-state index is 12.7. The van der Waals surface area contributed by atoms with E-state index in [2.05, 4.69) is 35.1 Å². The molecule has 26 heavy (non-hydrogen) atoms. The van der Waals surface area contributed by atoms with Crippen LogP contribution in [-0.2, 0) is 0 Å². The molecule has 0 saturated heterocycles. The molecule has 1 aromatic heterocycles. The highest BCUT2D eigenvalue weighted by atomic mass is 16.1. The van der Waals surface area contributed by atoms with Crippen molar-refractivity contribution < 1.29 is 4.79 Å². The fourth-order valence-corrected chi connectivity index (χ4v) is 3.10. The van der Waals surface area contributed by atoms with Gasteiger partial charge in [-0.1, -0.05) is 38.1 Å². The molecule has 134 valence electrons. The van der Waals surface area contributed by atoms with E-state index in [0.29, 0.717) is 11.3 Å². The third-order valence-corrected chi connectivity index (χ3v) is 4.31. The van der Waals surface area contributed by atoms with Gasteiger partial charge in [-0.2, -0.15) is 0 Å². The number of carbonyl (C=O) groups excluding carboxylic acids is 1. The van der Waals surface area contributed by atoms with Crippen LogP contribution < -0.4 is 10.2 Å². The number of rotatable bonds is 7. The minimum Gasteiger partial charge on any atom is -0.372 e. The third-order valence-electron chi connectivity index (χ3n) is 4.31. The van der Waals surface area contributed by atoms with Crippen LogP contribution in [0.1, 0.15) is 37.0 Å². The average Bonchev–Trinajstić information content (AvgIpc) is 2.68. The minimum absolute atomic E-state index is 0.114. The second kappa shape index (κ2) is 8.48. The molecule has 0 bridgehead atoms. The highest BCUT2D eigenvalue weighted by molar-refractivity contribution is 6.05. The molecule has 0 radical (unpaired) electrons. The van der Waals surface area contributed by atoms with Gasteiger partial charge in [0.05, 0.1) is 17.4 Å². The van der Waals surface area contributed by atoms with Crippen LogP contribution in [-0.4, -0.2) is 24.0 Å². The molecular formula is C22H25N3O. The van der Waals surface area contributed by atoms with Gasteiger partial charge >= 0.3 is 0 Å². The molecule has 2 aromatic carbocycles. The second-order valence-corrected chi connectivity index (χ2v) is 6.41. The van der Waals surface area contributed by atoms with Crippen molar-refractivity contribution in [3.8, 4) is 0 Å². The number of nitrogens with zero attached hydrogens (tertiary/aromatic N) is 2. The van der Waals surface area contributed by atoms with Crippen LogP contribution >= 0.6 is 0 Å². The summed E-state index contributed by atoms with van der Waals surface area (Å²) in [5, 5.41) is 3.97. The molecule has 3 aromatic rings. The minimum atomic E-state index is -0.114. The Morgan fingerprint density at radius 2 is 1.77 bits per heavy atom. The molecule has 4 nitrogen and oxygen atoms in total. The van der Waals surface area contributed by atoms with Crippen molar-refractivity contribution in [1.82, 2.24) is 4.98 Å². The summed E-state index contributed by atoms with van der Waals surface area (Å²) in [4.78, 5) is 19.4. The van der Waals surface area contributed by atoms with Crippen molar-refractivity contribution in [3.05, 3.63) is 66.4 Å². The van der Waals surface area contributed by atoms with Gasteiger partial charge in [0, 0.05) is 29.7 Å². The van der Waals surface area contributed by atoms with E-state index in [0.717, 1.165) is 42.5 Å². The number of benzene rings is 2. The van der Waals surface area contributed by atoms with Gasteiger partial charge in [0.15, 0.2) is 0 Å². The van der Waals surface area contributed by atoms with Gasteiger partial charge in [0.1, 0.15) is 0 Å². The van der Waals surface area contributed by atoms with Crippen LogP contribution in [0.5, 0.6) is 0 Å². The van der Waals surface area contributed by atoms with Gasteiger partial charge in [0.2, 0.25) is 0 Å². The van der Waals surface area contributed by atoms with E-state index in [9.17, 15) is 4.79 Å². The second-order valence-electron chi connectivity index (χ2n) is 6.41. The molecule has 1 N–H and O–H groups in total. The van der Waals surface area contributed by atoms with Crippen molar-refractivity contribution in [2.75, 3.05) is 23.3 Å². The molecule has 0 aliphatic heterocycles. The summed E-state index contributed by atoms with van der Waals surface area (Å²) in [6, 6.07) is 17.7. The lowest BCUT2D eigenvalue weighted by Crippen LogP contribution is -2.25. The number of carbonyl (C=O) groups is 1. The largest absolute Gasteiger partial charge is 0.372 e. The molecule has 0 aliphatic carbocycles. The summed E-state index contributed by atoms with van der Waals surface area (Å²) in [7, 11) is 0. The van der Waals surface area contributed by atoms with E-state index in [4.69, 9.17) is 0 Å². The zero-order chi connectivity index (χ0) is 18.4. The summed E-state index contributed by atoms with van der Waals surface area (Å²) < 4.78 is 0. The summed E-state index contributed by atoms with van der Waals surface area (Å²) >= 11 is 0. The normalized spacial score (nSPS) is 10.7. The molecule has 0 unspecified atom stereocenters. The van der Waals surface area contributed by atoms with Crippen LogP contribution in [0.3, 0.4) is 0 Å². The Labute approximate surface area is 154 Å². The summed E-state index contributed by atoms with van der Waals surface area (Å²) in [6.45, 7) is 6.33. The molecule has 0 saturated carbocycles. The van der Waals surface area contributed by atoms with Crippen molar-refractivity contribution in [1.29, 1.82) is 0 Å². The zero-order valence-electron chi connectivity index (χ0n) is 15.4. The maximum atomic E-state index is 12.7. The molecule has 4 heteroatoms. The number of nitrogens with one attached hydrogen (secondary N) is 1. The highest BCUT2D eigenvalue weighted by Gasteiger charge is 2.10. The quantitative estimate of drug-likeness (QED) is 0.646. The Morgan fingerprint density at radius 1 is 1.00 bits per heavy atom. The fourth-order valence-electron chi connectivity index (χ4n) is 3.10. The highest BCUT2D eigenvalue weighted by Crippen LogP contribution is 2.20. The first kappa shape index (κ1) is 17.9. The van der Waals surface area contributed by atoms with Gasteiger partial charge in [0.25, 0.3) is 5.91 Å². The Kier molecular flexibility index (Phi) is 5.84. The van der Waals surface area contributed by atoms with Gasteiger partial charge in [-0.25, -0.2) is 0 Å². The van der Waals surface area contributed by atoms with Crippen molar-refractivity contribution in [3.63, 3.8) is 0 Å². The van der Waals surface area contributed by atoms with E-state index in [1.807, 2.05) is 48.5 Å². The third kappa shape index (κ3) is 4.20. The first-order valence-corrected chi connectivity index (χ1v) is 9.22. The van der Waals surface area contributed by atoms with Crippen molar-refractivity contribution in [2.45, 2.75) is 26.7 Å². The molecule has 3 rings (SSSR count). The summed E-state index contributed by atoms with van der Waals surface area (Å²) in [6.07, 6.45) is 3.86. The van der Waals surface area contributed by atoms with E-state index in [1.165, 1.54) is 0 Å². The Bertz CT molecular complexity index is 885. The fraction of sp³-hybridized carbons (Fsp3) is 0.273. The van der Waals surface area contributed by atoms with Gasteiger partial charge < -0.3 is 10.2 Å². The smallest absolute Gasteiger partial charge is 0.255 e. The monoisotopic (exact) mass is 347 g/mol. The number of pyridine rings is 1. The summed E-state index contributed by atoms with van der Waals surface area (Å²) in [5.74, 6) is -0.114. The zero-order valence-corrected chi connectivity index (χ0v) is 15.4. The van der Waals surface area contributed by atoms with E-state index in [-0.39, 0.29) is 5.91 Å². The molecule has 0 atom stereocenters. The standard InChI is InChI=1S/C22H25N3O/c1-3-12-25(13-4-2)20-10-7-9-18(15-20)22(26)24-19-14-17-8-5-6-11-21(17)23-16-19/h5-11,14-16H,3-4,12-13H2,1-2H3,(H,24,26). The van der Waals surface area contributed by atoms with Crippen LogP contribution in [0.2, 0.25) is 0 Å². The van der Waals surface area contributed by atoms with Crippen molar-refractivity contribution in [2.24, 2.45) is 0 Å². The number of aromatic nitrogens is 1. The van der Waals surface area contributed by atoms with Crippen LogP contribution in [0.15, 0.2) is 60.8 Å². The lowest BCUT2D eigenvalue weighted by Gasteiger charge is -2.24. The molecule has 1 heterocycles. The SMILES string of the molecule is CCCN(CCC)c1cccc(C(=O)Nc2cnc3ccccc3c2)c1. The predicted molar refractivity (Wildman–Crippen MR) is 109 cm³/mol. The predicted octanol–water partition coefficient (Wildman–Crippen LogP) is 5.11. The molecule has 0 spiro atoms. The number of fused-ring (bicyclic) bond motifs is 1. The average molecular weight is 347 g/mol. The lowest BCUT2D eigenvalue weighted by molar-refractivity contribution is 0.102. The number of amides is 1. The Hall–Kier alpha value is -2.88. The van der Waals surface area contributed by atoms with E-state index in [1.54, 1.807) is 6.20 Å². The maximum Gasteiger partial charge on any atom is 0.255 e. The van der Waals surface area contributed by atoms with Gasteiger partial charge in [-0.3, -0.25) is 9.78 Å².